The molecule has 0 bridgehead atoms. The number of rotatable bonds is 6. The number of sulfonamides is 1. The van der Waals surface area contributed by atoms with Crippen molar-refractivity contribution in [1.82, 2.24) is 9.21 Å². The van der Waals surface area contributed by atoms with E-state index in [1.807, 2.05) is 36.9 Å². The minimum Gasteiger partial charge on any atom is -0.324 e. The van der Waals surface area contributed by atoms with Crippen LogP contribution in [0.5, 0.6) is 0 Å². The predicted octanol–water partition coefficient (Wildman–Crippen LogP) is 2.85. The van der Waals surface area contributed by atoms with Crippen LogP contribution in [0.3, 0.4) is 0 Å². The molecule has 1 aliphatic heterocycles. The van der Waals surface area contributed by atoms with Crippen molar-refractivity contribution in [2.24, 2.45) is 0 Å². The molecule has 0 spiro atoms. The van der Waals surface area contributed by atoms with Crippen molar-refractivity contribution in [2.45, 2.75) is 38.6 Å². The lowest BCUT2D eigenvalue weighted by Gasteiger charge is -2.36. The second-order valence-corrected chi connectivity index (χ2v) is 10.0. The highest BCUT2D eigenvalue weighted by Gasteiger charge is 2.33. The van der Waals surface area contributed by atoms with E-state index in [-0.39, 0.29) is 29.6 Å². The number of carbonyl (C=O) groups excluding carboxylic acids is 1. The van der Waals surface area contributed by atoms with Crippen LogP contribution in [0, 0.1) is 30.9 Å². The van der Waals surface area contributed by atoms with Crippen LogP contribution >= 0.6 is 0 Å². The molecule has 0 aromatic heterocycles. The standard InChI is InChI=1S/C22H28N4O5S/c1-15-5-8-20(17(3)13-15)23-22(27)18(4)24-9-11-25(12-10-24)32(30,31)21-14-19(26(28)29)7-6-16(21)2/h5-8,13-14,18H,9-12H2,1-4H3,(H,23,27). The second kappa shape index (κ2) is 9.35. The van der Waals surface area contributed by atoms with Crippen LogP contribution in [-0.4, -0.2) is 60.7 Å². The van der Waals surface area contributed by atoms with Gasteiger partial charge in [0.1, 0.15) is 0 Å². The van der Waals surface area contributed by atoms with Gasteiger partial charge in [-0.2, -0.15) is 4.31 Å². The highest BCUT2D eigenvalue weighted by Crippen LogP contribution is 2.26. The van der Waals surface area contributed by atoms with E-state index in [4.69, 9.17) is 0 Å². The molecule has 10 heteroatoms. The maximum atomic E-state index is 13.1. The summed E-state index contributed by atoms with van der Waals surface area (Å²) in [7, 11) is -3.87. The van der Waals surface area contributed by atoms with Crippen molar-refractivity contribution in [2.75, 3.05) is 31.5 Å². The van der Waals surface area contributed by atoms with Crippen LogP contribution in [0.15, 0.2) is 41.3 Å². The Labute approximate surface area is 188 Å². The van der Waals surface area contributed by atoms with Crippen LogP contribution < -0.4 is 5.32 Å². The molecular weight excluding hydrogens is 432 g/mol. The van der Waals surface area contributed by atoms with E-state index in [0.717, 1.165) is 22.9 Å². The van der Waals surface area contributed by atoms with Gasteiger partial charge in [-0.25, -0.2) is 8.42 Å². The van der Waals surface area contributed by atoms with E-state index in [1.54, 1.807) is 13.8 Å². The van der Waals surface area contributed by atoms with Crippen molar-refractivity contribution in [3.8, 4) is 0 Å². The molecule has 1 aliphatic rings. The topological polar surface area (TPSA) is 113 Å². The average molecular weight is 461 g/mol. The molecule has 1 atom stereocenters. The van der Waals surface area contributed by atoms with E-state index in [9.17, 15) is 23.3 Å². The SMILES string of the molecule is Cc1ccc(NC(=O)C(C)N2CCN(S(=O)(=O)c3cc([N+](=O)[O-])ccc3C)CC2)c(C)c1. The molecule has 0 aliphatic carbocycles. The molecular formula is C22H28N4O5S. The highest BCUT2D eigenvalue weighted by molar-refractivity contribution is 7.89. The summed E-state index contributed by atoms with van der Waals surface area (Å²) < 4.78 is 27.5. The molecule has 3 rings (SSSR count). The zero-order valence-corrected chi connectivity index (χ0v) is 19.5. The molecule has 1 amide bonds. The highest BCUT2D eigenvalue weighted by atomic mass is 32.2. The number of hydrogen-bond acceptors (Lipinski definition) is 6. The number of benzene rings is 2. The van der Waals surface area contributed by atoms with Gasteiger partial charge in [0.2, 0.25) is 15.9 Å². The van der Waals surface area contributed by atoms with E-state index in [2.05, 4.69) is 5.32 Å². The van der Waals surface area contributed by atoms with Gasteiger partial charge in [-0.05, 0) is 44.9 Å². The Hall–Kier alpha value is -2.82. The van der Waals surface area contributed by atoms with Crippen LogP contribution in [-0.2, 0) is 14.8 Å². The lowest BCUT2D eigenvalue weighted by molar-refractivity contribution is -0.385. The maximum Gasteiger partial charge on any atom is 0.270 e. The number of hydrogen-bond donors (Lipinski definition) is 1. The van der Waals surface area contributed by atoms with Gasteiger partial charge in [0.05, 0.1) is 15.9 Å². The number of nitrogens with one attached hydrogen (secondary N) is 1. The maximum absolute atomic E-state index is 13.1. The molecule has 1 heterocycles. The first-order valence-electron chi connectivity index (χ1n) is 10.4. The molecule has 1 saturated heterocycles. The van der Waals surface area contributed by atoms with Crippen LogP contribution in [0.1, 0.15) is 23.6 Å². The third kappa shape index (κ3) is 4.98. The van der Waals surface area contributed by atoms with Gasteiger partial charge in [-0.1, -0.05) is 23.8 Å². The second-order valence-electron chi connectivity index (χ2n) is 8.13. The summed E-state index contributed by atoms with van der Waals surface area (Å²) in [4.78, 5) is 25.1. The summed E-state index contributed by atoms with van der Waals surface area (Å²) in [6.07, 6.45) is 0. The van der Waals surface area contributed by atoms with Crippen molar-refractivity contribution in [3.63, 3.8) is 0 Å². The van der Waals surface area contributed by atoms with E-state index in [0.29, 0.717) is 18.7 Å². The molecule has 32 heavy (non-hydrogen) atoms. The predicted molar refractivity (Wildman–Crippen MR) is 122 cm³/mol. The number of nitro groups is 1. The largest absolute Gasteiger partial charge is 0.324 e. The number of carbonyl (C=O) groups is 1. The minimum absolute atomic E-state index is 0.0548. The molecule has 9 nitrogen and oxygen atoms in total. The van der Waals surface area contributed by atoms with Gasteiger partial charge in [0, 0.05) is 44.0 Å². The number of nitro benzene ring substituents is 1. The lowest BCUT2D eigenvalue weighted by Crippen LogP contribution is -2.54. The Morgan fingerprint density at radius 3 is 2.28 bits per heavy atom. The number of non-ortho nitro benzene ring substituents is 1. The first kappa shape index (κ1) is 23.8. The van der Waals surface area contributed by atoms with E-state index >= 15 is 0 Å². The Bertz CT molecular complexity index is 1140. The van der Waals surface area contributed by atoms with Crippen molar-refractivity contribution in [1.29, 1.82) is 0 Å². The van der Waals surface area contributed by atoms with Crippen LogP contribution in [0.4, 0.5) is 11.4 Å². The summed E-state index contributed by atoms with van der Waals surface area (Å²) in [5.41, 5.74) is 3.05. The number of amides is 1. The van der Waals surface area contributed by atoms with E-state index < -0.39 is 21.0 Å². The van der Waals surface area contributed by atoms with Gasteiger partial charge in [0.15, 0.2) is 0 Å². The summed E-state index contributed by atoms with van der Waals surface area (Å²) in [5.74, 6) is -0.150. The van der Waals surface area contributed by atoms with Crippen molar-refractivity contribution >= 4 is 27.3 Å². The molecule has 1 unspecified atom stereocenters. The van der Waals surface area contributed by atoms with Crippen molar-refractivity contribution in [3.05, 3.63) is 63.2 Å². The van der Waals surface area contributed by atoms with Gasteiger partial charge >= 0.3 is 0 Å². The summed E-state index contributed by atoms with van der Waals surface area (Å²) in [6, 6.07) is 9.23. The Kier molecular flexibility index (Phi) is 6.97. The zero-order chi connectivity index (χ0) is 23.6. The minimum atomic E-state index is -3.87. The third-order valence-corrected chi connectivity index (χ3v) is 7.88. The van der Waals surface area contributed by atoms with Gasteiger partial charge < -0.3 is 5.32 Å². The Morgan fingerprint density at radius 2 is 1.69 bits per heavy atom. The molecule has 2 aromatic carbocycles. The monoisotopic (exact) mass is 460 g/mol. The zero-order valence-electron chi connectivity index (χ0n) is 18.7. The number of aryl methyl sites for hydroxylation is 3. The van der Waals surface area contributed by atoms with Gasteiger partial charge in [-0.15, -0.1) is 0 Å². The summed E-state index contributed by atoms with van der Waals surface area (Å²) in [6.45, 7) is 8.51. The number of anilines is 1. The fourth-order valence-corrected chi connectivity index (χ4v) is 5.47. The Balaban J connectivity index is 1.67. The first-order chi connectivity index (χ1) is 15.0. The summed E-state index contributed by atoms with van der Waals surface area (Å²) in [5, 5.41) is 14.0. The molecule has 172 valence electrons. The normalized spacial score (nSPS) is 16.5. The van der Waals surface area contributed by atoms with Crippen LogP contribution in [0.25, 0.3) is 0 Å². The van der Waals surface area contributed by atoms with Crippen molar-refractivity contribution < 1.29 is 18.1 Å². The smallest absolute Gasteiger partial charge is 0.270 e. The van der Waals surface area contributed by atoms with Crippen LogP contribution in [0.2, 0.25) is 0 Å². The molecule has 1 fully saturated rings. The number of piperazine rings is 1. The molecule has 1 N–H and O–H groups in total. The molecule has 0 saturated carbocycles. The summed E-state index contributed by atoms with van der Waals surface area (Å²) >= 11 is 0. The lowest BCUT2D eigenvalue weighted by atomic mass is 10.1. The molecule has 2 aromatic rings. The van der Waals surface area contributed by atoms with Gasteiger partial charge in [-0.3, -0.25) is 19.8 Å². The fraction of sp³-hybridized carbons (Fsp3) is 0.409. The Morgan fingerprint density at radius 1 is 1.03 bits per heavy atom. The quantitative estimate of drug-likeness (QED) is 0.524. The fourth-order valence-electron chi connectivity index (χ4n) is 3.81. The average Bonchev–Trinajstić information content (AvgIpc) is 2.75. The first-order valence-corrected chi connectivity index (χ1v) is 11.8. The number of nitrogens with zero attached hydrogens (tertiary/aromatic N) is 3. The van der Waals surface area contributed by atoms with Gasteiger partial charge in [0.25, 0.3) is 5.69 Å². The third-order valence-electron chi connectivity index (χ3n) is 5.84. The van der Waals surface area contributed by atoms with E-state index in [1.165, 1.54) is 16.4 Å². The molecule has 0 radical (unpaired) electrons.